The molecular formula is C12H9F3O2S2. The van der Waals surface area contributed by atoms with Crippen molar-refractivity contribution in [3.63, 3.8) is 0 Å². The van der Waals surface area contributed by atoms with Gasteiger partial charge in [-0.3, -0.25) is 0 Å². The number of thioether (sulfide) groups is 1. The first-order valence-electron chi connectivity index (χ1n) is 5.34. The summed E-state index contributed by atoms with van der Waals surface area (Å²) in [6.45, 7) is 1.86. The van der Waals surface area contributed by atoms with E-state index in [4.69, 9.17) is 5.11 Å². The van der Waals surface area contributed by atoms with E-state index in [9.17, 15) is 18.0 Å². The zero-order chi connectivity index (χ0) is 14.2. The highest BCUT2D eigenvalue weighted by atomic mass is 32.2. The first kappa shape index (κ1) is 14.2. The third-order valence-electron chi connectivity index (χ3n) is 2.45. The van der Waals surface area contributed by atoms with Crippen molar-refractivity contribution in [1.82, 2.24) is 0 Å². The largest absolute Gasteiger partial charge is 0.477 e. The minimum Gasteiger partial charge on any atom is -0.477 e. The maximum atomic E-state index is 12.6. The molecule has 1 aromatic carbocycles. The highest BCUT2D eigenvalue weighted by molar-refractivity contribution is 7.99. The van der Waals surface area contributed by atoms with Crippen LogP contribution in [0, 0.1) is 0 Å². The summed E-state index contributed by atoms with van der Waals surface area (Å²) >= 11 is 2.21. The van der Waals surface area contributed by atoms with Crippen LogP contribution in [-0.4, -0.2) is 16.8 Å². The smallest absolute Gasteiger partial charge is 0.416 e. The molecule has 0 aliphatic rings. The molecule has 0 spiro atoms. The summed E-state index contributed by atoms with van der Waals surface area (Å²) in [4.78, 5) is 11.8. The van der Waals surface area contributed by atoms with E-state index in [1.807, 2.05) is 6.92 Å². The van der Waals surface area contributed by atoms with Gasteiger partial charge in [0.05, 0.1) is 5.56 Å². The Hall–Kier alpha value is -1.21. The third kappa shape index (κ3) is 2.71. The summed E-state index contributed by atoms with van der Waals surface area (Å²) < 4.78 is 38.2. The lowest BCUT2D eigenvalue weighted by Crippen LogP contribution is -2.03. The number of thiophene rings is 1. The lowest BCUT2D eigenvalue weighted by Gasteiger charge is -2.06. The van der Waals surface area contributed by atoms with Crippen LogP contribution in [0.3, 0.4) is 0 Å². The molecule has 102 valence electrons. The van der Waals surface area contributed by atoms with Crippen LogP contribution >= 0.6 is 23.1 Å². The SMILES string of the molecule is CCSc1c(C(=O)O)sc2cc(C(F)(F)F)ccc12. The Morgan fingerprint density at radius 3 is 2.63 bits per heavy atom. The lowest BCUT2D eigenvalue weighted by molar-refractivity contribution is -0.137. The Balaban J connectivity index is 2.66. The highest BCUT2D eigenvalue weighted by Gasteiger charge is 2.31. The van der Waals surface area contributed by atoms with E-state index in [0.29, 0.717) is 20.7 Å². The number of benzene rings is 1. The van der Waals surface area contributed by atoms with E-state index in [-0.39, 0.29) is 4.88 Å². The Morgan fingerprint density at radius 2 is 2.11 bits per heavy atom. The van der Waals surface area contributed by atoms with E-state index < -0.39 is 17.7 Å². The number of carboxylic acid groups (broad SMARTS) is 1. The average molecular weight is 306 g/mol. The summed E-state index contributed by atoms with van der Waals surface area (Å²) in [7, 11) is 0. The van der Waals surface area contributed by atoms with Gasteiger partial charge in [-0.2, -0.15) is 13.2 Å². The fourth-order valence-corrected chi connectivity index (χ4v) is 3.86. The van der Waals surface area contributed by atoms with E-state index in [0.717, 1.165) is 23.5 Å². The summed E-state index contributed by atoms with van der Waals surface area (Å²) in [6.07, 6.45) is -4.42. The fourth-order valence-electron chi connectivity index (χ4n) is 1.68. The van der Waals surface area contributed by atoms with Crippen LogP contribution in [0.25, 0.3) is 10.1 Å². The van der Waals surface area contributed by atoms with Gasteiger partial charge in [0.1, 0.15) is 4.88 Å². The van der Waals surface area contributed by atoms with Crippen LogP contribution < -0.4 is 0 Å². The summed E-state index contributed by atoms with van der Waals surface area (Å²) in [5.74, 6) is -0.446. The van der Waals surface area contributed by atoms with E-state index in [1.54, 1.807) is 0 Å². The van der Waals surface area contributed by atoms with Crippen LogP contribution in [0.2, 0.25) is 0 Å². The van der Waals surface area contributed by atoms with Gasteiger partial charge >= 0.3 is 12.1 Å². The molecule has 2 aromatic rings. The molecule has 0 atom stereocenters. The predicted octanol–water partition coefficient (Wildman–Crippen LogP) is 4.73. The average Bonchev–Trinajstić information content (AvgIpc) is 2.67. The first-order chi connectivity index (χ1) is 8.84. The number of alkyl halides is 3. The van der Waals surface area contributed by atoms with Gasteiger partial charge in [0.15, 0.2) is 0 Å². The van der Waals surface area contributed by atoms with Gasteiger partial charge < -0.3 is 5.11 Å². The van der Waals surface area contributed by atoms with Crippen molar-refractivity contribution in [3.8, 4) is 0 Å². The second kappa shape index (κ2) is 5.05. The summed E-state index contributed by atoms with van der Waals surface area (Å²) in [6, 6.07) is 3.34. The summed E-state index contributed by atoms with van der Waals surface area (Å²) in [5, 5.41) is 9.67. The number of fused-ring (bicyclic) bond motifs is 1. The van der Waals surface area contributed by atoms with Crippen molar-refractivity contribution in [2.45, 2.75) is 18.0 Å². The van der Waals surface area contributed by atoms with Gasteiger partial charge in [-0.05, 0) is 17.9 Å². The quantitative estimate of drug-likeness (QED) is 0.833. The Bertz CT molecular complexity index is 632. The number of carboxylic acids is 1. The molecule has 1 heterocycles. The molecule has 0 saturated heterocycles. The monoisotopic (exact) mass is 306 g/mol. The number of carbonyl (C=O) groups is 1. The summed E-state index contributed by atoms with van der Waals surface area (Å²) in [5.41, 5.74) is -0.758. The van der Waals surface area contributed by atoms with Crippen LogP contribution in [0.5, 0.6) is 0 Å². The van der Waals surface area contributed by atoms with Gasteiger partial charge in [-0.1, -0.05) is 13.0 Å². The second-order valence-electron chi connectivity index (χ2n) is 3.71. The molecule has 1 aromatic heterocycles. The van der Waals surface area contributed by atoms with Gasteiger partial charge in [-0.25, -0.2) is 4.79 Å². The molecule has 1 N–H and O–H groups in total. The van der Waals surface area contributed by atoms with Crippen molar-refractivity contribution in [2.24, 2.45) is 0 Å². The zero-order valence-corrected chi connectivity index (χ0v) is 11.4. The topological polar surface area (TPSA) is 37.3 Å². The van der Waals surface area contributed by atoms with Crippen LogP contribution in [0.15, 0.2) is 23.1 Å². The number of hydrogen-bond donors (Lipinski definition) is 1. The number of aromatic carboxylic acids is 1. The molecule has 19 heavy (non-hydrogen) atoms. The first-order valence-corrected chi connectivity index (χ1v) is 7.14. The number of halogens is 3. The molecule has 2 rings (SSSR count). The van der Waals surface area contributed by atoms with Crippen molar-refractivity contribution < 1.29 is 23.1 Å². The molecule has 0 amide bonds. The van der Waals surface area contributed by atoms with Crippen LogP contribution in [0.4, 0.5) is 13.2 Å². The molecule has 0 unspecified atom stereocenters. The van der Waals surface area contributed by atoms with Gasteiger partial charge in [0.2, 0.25) is 0 Å². The van der Waals surface area contributed by atoms with Gasteiger partial charge in [0, 0.05) is 15.0 Å². The Morgan fingerprint density at radius 1 is 1.42 bits per heavy atom. The molecule has 0 saturated carbocycles. The molecule has 7 heteroatoms. The van der Waals surface area contributed by atoms with Gasteiger partial charge in [0.25, 0.3) is 0 Å². The molecule has 0 aliphatic heterocycles. The van der Waals surface area contributed by atoms with Gasteiger partial charge in [-0.15, -0.1) is 23.1 Å². The standard InChI is InChI=1S/C12H9F3O2S2/c1-2-18-9-7-4-3-6(12(13,14)15)5-8(7)19-10(9)11(16)17/h3-5H,2H2,1H3,(H,16,17). The maximum absolute atomic E-state index is 12.6. The fraction of sp³-hybridized carbons (Fsp3) is 0.250. The number of rotatable bonds is 3. The lowest BCUT2D eigenvalue weighted by atomic mass is 10.1. The molecule has 0 bridgehead atoms. The second-order valence-corrected chi connectivity index (χ2v) is 6.03. The van der Waals surface area contributed by atoms with Crippen LogP contribution in [0.1, 0.15) is 22.2 Å². The third-order valence-corrected chi connectivity index (χ3v) is 4.73. The van der Waals surface area contributed by atoms with Crippen molar-refractivity contribution in [3.05, 3.63) is 28.6 Å². The van der Waals surface area contributed by atoms with E-state index >= 15 is 0 Å². The molecule has 0 aliphatic carbocycles. The Labute approximate surface area is 115 Å². The predicted molar refractivity (Wildman–Crippen MR) is 70.2 cm³/mol. The normalized spacial score (nSPS) is 12.0. The van der Waals surface area contributed by atoms with E-state index in [2.05, 4.69) is 0 Å². The molecule has 2 nitrogen and oxygen atoms in total. The van der Waals surface area contributed by atoms with Crippen LogP contribution in [-0.2, 0) is 6.18 Å². The molecule has 0 fully saturated rings. The zero-order valence-electron chi connectivity index (χ0n) is 9.75. The number of hydrogen-bond acceptors (Lipinski definition) is 3. The van der Waals surface area contributed by atoms with Crippen molar-refractivity contribution in [1.29, 1.82) is 0 Å². The highest BCUT2D eigenvalue weighted by Crippen LogP contribution is 2.41. The van der Waals surface area contributed by atoms with Crippen molar-refractivity contribution in [2.75, 3.05) is 5.75 Å². The molecular weight excluding hydrogens is 297 g/mol. The van der Waals surface area contributed by atoms with Crippen molar-refractivity contribution >= 4 is 39.2 Å². The van der Waals surface area contributed by atoms with E-state index in [1.165, 1.54) is 17.8 Å². The molecule has 0 radical (unpaired) electrons. The minimum absolute atomic E-state index is 0.0983. The minimum atomic E-state index is -4.42. The maximum Gasteiger partial charge on any atom is 0.416 e. The Kier molecular flexibility index (Phi) is 3.78.